The highest BCUT2D eigenvalue weighted by molar-refractivity contribution is 5.88. The zero-order valence-corrected chi connectivity index (χ0v) is 12.5. The van der Waals surface area contributed by atoms with Crippen LogP contribution in [0.1, 0.15) is 26.7 Å². The molecule has 0 radical (unpaired) electrons. The molecule has 0 bridgehead atoms. The van der Waals surface area contributed by atoms with Crippen LogP contribution in [0.25, 0.3) is 0 Å². The molecule has 2 atom stereocenters. The molecule has 0 aliphatic carbocycles. The molecule has 7 heteroatoms. The van der Waals surface area contributed by atoms with Crippen LogP contribution < -0.4 is 11.1 Å². The van der Waals surface area contributed by atoms with E-state index >= 15 is 0 Å². The average Bonchev–Trinajstić information content (AvgIpc) is 3.04. The predicted molar refractivity (Wildman–Crippen MR) is 78.2 cm³/mol. The highest BCUT2D eigenvalue weighted by Gasteiger charge is 2.37. The van der Waals surface area contributed by atoms with Gasteiger partial charge in [-0.05, 0) is 26.3 Å². The van der Waals surface area contributed by atoms with E-state index in [1.165, 1.54) is 0 Å². The van der Waals surface area contributed by atoms with Crippen LogP contribution in [0.5, 0.6) is 0 Å². The van der Waals surface area contributed by atoms with Gasteiger partial charge in [0.25, 0.3) is 0 Å². The Bertz CT molecular complexity index is 486. The maximum Gasteiger partial charge on any atom is 0.243 e. The molecule has 1 aliphatic heterocycles. The second-order valence-corrected chi connectivity index (χ2v) is 5.74. The first-order valence-electron chi connectivity index (χ1n) is 7.30. The van der Waals surface area contributed by atoms with Gasteiger partial charge in [0.1, 0.15) is 6.04 Å². The quantitative estimate of drug-likeness (QED) is 0.781. The third-order valence-electron chi connectivity index (χ3n) is 3.50. The lowest BCUT2D eigenvalue weighted by atomic mass is 10.1. The van der Waals surface area contributed by atoms with Crippen molar-refractivity contribution in [1.29, 1.82) is 0 Å². The van der Waals surface area contributed by atoms with Crippen molar-refractivity contribution in [3.05, 3.63) is 18.5 Å². The van der Waals surface area contributed by atoms with Gasteiger partial charge in [0.2, 0.25) is 11.8 Å². The van der Waals surface area contributed by atoms with E-state index < -0.39 is 6.04 Å². The van der Waals surface area contributed by atoms with E-state index in [1.54, 1.807) is 15.8 Å². The summed E-state index contributed by atoms with van der Waals surface area (Å²) >= 11 is 0. The number of nitrogens with one attached hydrogen (secondary N) is 1. The molecular formula is C14H23N5O2. The number of hydrogen-bond acceptors (Lipinski definition) is 4. The van der Waals surface area contributed by atoms with Gasteiger partial charge in [0.15, 0.2) is 0 Å². The van der Waals surface area contributed by atoms with Crippen molar-refractivity contribution in [3.63, 3.8) is 0 Å². The summed E-state index contributed by atoms with van der Waals surface area (Å²) in [5.41, 5.74) is 5.92. The first-order valence-corrected chi connectivity index (χ1v) is 7.30. The van der Waals surface area contributed by atoms with Crippen LogP contribution in [0.2, 0.25) is 0 Å². The van der Waals surface area contributed by atoms with Crippen molar-refractivity contribution >= 4 is 11.8 Å². The number of amides is 2. The minimum absolute atomic E-state index is 0.0513. The molecule has 116 valence electrons. The van der Waals surface area contributed by atoms with Gasteiger partial charge in [-0.15, -0.1) is 0 Å². The highest BCUT2D eigenvalue weighted by atomic mass is 16.2. The monoisotopic (exact) mass is 293 g/mol. The van der Waals surface area contributed by atoms with Crippen LogP contribution in [0.15, 0.2) is 18.5 Å². The van der Waals surface area contributed by atoms with Gasteiger partial charge in [-0.1, -0.05) is 0 Å². The Morgan fingerprint density at radius 2 is 2.24 bits per heavy atom. The largest absolute Gasteiger partial charge is 0.352 e. The van der Waals surface area contributed by atoms with E-state index in [2.05, 4.69) is 10.4 Å². The maximum atomic E-state index is 12.3. The average molecular weight is 293 g/mol. The number of nitrogens with two attached hydrogens (primary N) is 1. The smallest absolute Gasteiger partial charge is 0.243 e. The highest BCUT2D eigenvalue weighted by Crippen LogP contribution is 2.18. The van der Waals surface area contributed by atoms with Crippen LogP contribution in [0.4, 0.5) is 0 Å². The Hall–Kier alpha value is -1.89. The van der Waals surface area contributed by atoms with E-state index in [1.807, 2.05) is 26.1 Å². The van der Waals surface area contributed by atoms with Gasteiger partial charge < -0.3 is 16.0 Å². The fourth-order valence-corrected chi connectivity index (χ4v) is 2.56. The molecule has 0 saturated carbocycles. The number of aromatic nitrogens is 2. The van der Waals surface area contributed by atoms with E-state index in [0.717, 1.165) is 0 Å². The Kier molecular flexibility index (Phi) is 4.95. The lowest BCUT2D eigenvalue weighted by molar-refractivity contribution is -0.138. The Labute approximate surface area is 124 Å². The number of nitrogens with zero attached hydrogens (tertiary/aromatic N) is 3. The summed E-state index contributed by atoms with van der Waals surface area (Å²) in [6.07, 6.45) is 4.33. The van der Waals surface area contributed by atoms with Crippen molar-refractivity contribution in [3.8, 4) is 0 Å². The van der Waals surface area contributed by atoms with Crippen LogP contribution in [-0.2, 0) is 16.1 Å². The van der Waals surface area contributed by atoms with Crippen molar-refractivity contribution in [2.45, 2.75) is 51.4 Å². The first-order chi connectivity index (χ1) is 9.97. The Balaban J connectivity index is 1.95. The summed E-state index contributed by atoms with van der Waals surface area (Å²) < 4.78 is 1.71. The maximum absolute atomic E-state index is 12.3. The number of aryl methyl sites for hydroxylation is 1. The molecule has 7 nitrogen and oxygen atoms in total. The lowest BCUT2D eigenvalue weighted by Gasteiger charge is -2.24. The third-order valence-corrected chi connectivity index (χ3v) is 3.50. The summed E-state index contributed by atoms with van der Waals surface area (Å²) in [4.78, 5) is 26.1. The molecule has 1 aromatic heterocycles. The topological polar surface area (TPSA) is 93.3 Å². The number of rotatable bonds is 5. The van der Waals surface area contributed by atoms with E-state index in [4.69, 9.17) is 5.73 Å². The van der Waals surface area contributed by atoms with Gasteiger partial charge in [-0.3, -0.25) is 14.3 Å². The van der Waals surface area contributed by atoms with Crippen molar-refractivity contribution < 1.29 is 9.59 Å². The summed E-state index contributed by atoms with van der Waals surface area (Å²) in [6.45, 7) is 4.75. The van der Waals surface area contributed by atoms with Crippen molar-refractivity contribution in [2.75, 3.05) is 6.54 Å². The zero-order chi connectivity index (χ0) is 15.4. The van der Waals surface area contributed by atoms with Crippen LogP contribution >= 0.6 is 0 Å². The van der Waals surface area contributed by atoms with Gasteiger partial charge in [-0.2, -0.15) is 5.10 Å². The van der Waals surface area contributed by atoms with Crippen LogP contribution in [0, 0.1) is 0 Å². The molecule has 3 N–H and O–H groups in total. The fourth-order valence-electron chi connectivity index (χ4n) is 2.56. The van der Waals surface area contributed by atoms with Gasteiger partial charge in [-0.25, -0.2) is 0 Å². The predicted octanol–water partition coefficient (Wildman–Crippen LogP) is -0.274. The van der Waals surface area contributed by atoms with E-state index in [-0.39, 0.29) is 23.9 Å². The molecule has 1 aliphatic rings. The lowest BCUT2D eigenvalue weighted by Crippen LogP contribution is -2.47. The molecule has 2 heterocycles. The summed E-state index contributed by atoms with van der Waals surface area (Å²) in [5, 5.41) is 6.92. The second kappa shape index (κ2) is 6.71. The van der Waals surface area contributed by atoms with Crippen molar-refractivity contribution in [2.24, 2.45) is 5.73 Å². The Morgan fingerprint density at radius 1 is 1.48 bits per heavy atom. The number of likely N-dealkylation sites (tertiary alicyclic amines) is 1. The third kappa shape index (κ3) is 4.04. The number of carbonyl (C=O) groups is 2. The van der Waals surface area contributed by atoms with Gasteiger partial charge in [0, 0.05) is 44.0 Å². The van der Waals surface area contributed by atoms with Crippen molar-refractivity contribution in [1.82, 2.24) is 20.0 Å². The standard InChI is InChI=1S/C14H23N5O2/c1-10(2)17-14(21)12-8-11(15)9-19(12)13(20)4-7-18-6-3-5-16-18/h3,5-6,10-12H,4,7-9,15H2,1-2H3,(H,17,21)/t11-,12-/m0/s1. The molecule has 21 heavy (non-hydrogen) atoms. The van der Waals surface area contributed by atoms with Crippen LogP contribution in [-0.4, -0.2) is 51.2 Å². The van der Waals surface area contributed by atoms with Gasteiger partial charge >= 0.3 is 0 Å². The number of hydrogen-bond donors (Lipinski definition) is 2. The molecular weight excluding hydrogens is 270 g/mol. The minimum Gasteiger partial charge on any atom is -0.352 e. The van der Waals surface area contributed by atoms with Crippen LogP contribution in [0.3, 0.4) is 0 Å². The minimum atomic E-state index is -0.451. The normalized spacial score (nSPS) is 21.8. The summed E-state index contributed by atoms with van der Waals surface area (Å²) in [6, 6.07) is 1.28. The molecule has 0 aromatic carbocycles. The van der Waals surface area contributed by atoms with E-state index in [0.29, 0.717) is 25.9 Å². The first kappa shape index (κ1) is 15.5. The SMILES string of the molecule is CC(C)NC(=O)[C@@H]1C[C@H](N)CN1C(=O)CCn1cccn1. The zero-order valence-electron chi connectivity index (χ0n) is 12.5. The molecule has 0 spiro atoms. The summed E-state index contributed by atoms with van der Waals surface area (Å²) in [5.74, 6) is -0.173. The van der Waals surface area contributed by atoms with Gasteiger partial charge in [0.05, 0.1) is 0 Å². The molecule has 2 amide bonds. The molecule has 1 aromatic rings. The number of carbonyl (C=O) groups excluding carboxylic acids is 2. The van der Waals surface area contributed by atoms with E-state index in [9.17, 15) is 9.59 Å². The fraction of sp³-hybridized carbons (Fsp3) is 0.643. The molecule has 0 unspecified atom stereocenters. The molecule has 1 fully saturated rings. The summed E-state index contributed by atoms with van der Waals surface area (Å²) in [7, 11) is 0. The molecule has 1 saturated heterocycles. The molecule has 2 rings (SSSR count). The second-order valence-electron chi connectivity index (χ2n) is 5.74. The Morgan fingerprint density at radius 3 is 2.86 bits per heavy atom.